The number of H-pyrrole nitrogens is 2. The van der Waals surface area contributed by atoms with Gasteiger partial charge in [0, 0.05) is 6.54 Å². The van der Waals surface area contributed by atoms with E-state index in [-0.39, 0.29) is 23.2 Å². The quantitative estimate of drug-likeness (QED) is 0.680. The Hall–Kier alpha value is -3.48. The van der Waals surface area contributed by atoms with Gasteiger partial charge >= 0.3 is 0 Å². The first-order chi connectivity index (χ1) is 12.5. The predicted octanol–water partition coefficient (Wildman–Crippen LogP) is 0.574. The number of hydrogen-bond donors (Lipinski definition) is 1. The molecule has 7 nitrogen and oxygen atoms in total. The highest BCUT2D eigenvalue weighted by molar-refractivity contribution is 6.21. The number of carbonyl (C=O) groups is 3. The second-order valence-electron chi connectivity index (χ2n) is 6.19. The number of benzene rings is 2. The number of carbonyl (C=O) groups excluding carboxylic acids is 3. The van der Waals surface area contributed by atoms with Crippen LogP contribution in [0.2, 0.25) is 0 Å². The summed E-state index contributed by atoms with van der Waals surface area (Å²) in [6, 6.07) is 11.7. The van der Waals surface area contributed by atoms with Crippen LogP contribution in [0.5, 0.6) is 0 Å². The molecule has 1 aliphatic heterocycles. The minimum absolute atomic E-state index is 0.112. The van der Waals surface area contributed by atoms with Crippen molar-refractivity contribution in [2.45, 2.75) is 12.8 Å². The molecule has 0 aliphatic carbocycles. The molecule has 0 saturated carbocycles. The van der Waals surface area contributed by atoms with Gasteiger partial charge in [-0.25, -0.2) is 9.97 Å². The largest absolute Gasteiger partial charge is 0.545 e. The number of imide groups is 1. The Balaban J connectivity index is 1.46. The molecular formula is C19H15N3O4. The van der Waals surface area contributed by atoms with E-state index < -0.39 is 17.8 Å². The van der Waals surface area contributed by atoms with Crippen LogP contribution in [0, 0.1) is 0 Å². The summed E-state index contributed by atoms with van der Waals surface area (Å²) in [4.78, 5) is 43.5. The van der Waals surface area contributed by atoms with Crippen LogP contribution in [0.15, 0.2) is 42.5 Å². The van der Waals surface area contributed by atoms with E-state index in [4.69, 9.17) is 0 Å². The van der Waals surface area contributed by atoms with Crippen LogP contribution in [0.1, 0.15) is 43.3 Å². The van der Waals surface area contributed by atoms with Gasteiger partial charge in [-0.3, -0.25) is 14.5 Å². The van der Waals surface area contributed by atoms with E-state index in [1.165, 1.54) is 18.2 Å². The topological polar surface area (TPSA) is 107 Å². The van der Waals surface area contributed by atoms with Crippen molar-refractivity contribution in [3.8, 4) is 0 Å². The summed E-state index contributed by atoms with van der Waals surface area (Å²) in [7, 11) is 0. The molecule has 0 radical (unpaired) electrons. The number of aromatic carboxylic acids is 1. The lowest BCUT2D eigenvalue weighted by Gasteiger charge is -2.12. The number of nitrogens with one attached hydrogen (secondary N) is 2. The number of amides is 2. The molecule has 1 aromatic heterocycles. The van der Waals surface area contributed by atoms with Crippen LogP contribution in [0.25, 0.3) is 11.0 Å². The third-order valence-corrected chi connectivity index (χ3v) is 4.51. The van der Waals surface area contributed by atoms with Gasteiger partial charge in [0.05, 0.1) is 23.5 Å². The van der Waals surface area contributed by atoms with Crippen molar-refractivity contribution in [3.63, 3.8) is 0 Å². The van der Waals surface area contributed by atoms with Crippen LogP contribution in [-0.4, -0.2) is 34.2 Å². The minimum atomic E-state index is -1.37. The van der Waals surface area contributed by atoms with E-state index in [1.807, 2.05) is 24.3 Å². The Morgan fingerprint density at radius 3 is 2.62 bits per heavy atom. The van der Waals surface area contributed by atoms with Crippen molar-refractivity contribution in [3.05, 3.63) is 65.0 Å². The molecule has 0 atom stereocenters. The molecule has 26 heavy (non-hydrogen) atoms. The molecule has 0 unspecified atom stereocenters. The lowest BCUT2D eigenvalue weighted by Crippen LogP contribution is -2.31. The van der Waals surface area contributed by atoms with Gasteiger partial charge in [-0.15, -0.1) is 0 Å². The predicted molar refractivity (Wildman–Crippen MR) is 89.3 cm³/mol. The second kappa shape index (κ2) is 6.11. The average Bonchev–Trinajstić information content (AvgIpc) is 3.15. The third-order valence-electron chi connectivity index (χ3n) is 4.51. The van der Waals surface area contributed by atoms with E-state index in [2.05, 4.69) is 9.97 Å². The number of fused-ring (bicyclic) bond motifs is 2. The van der Waals surface area contributed by atoms with Gasteiger partial charge in [-0.05, 0) is 36.2 Å². The van der Waals surface area contributed by atoms with Gasteiger partial charge in [0.15, 0.2) is 11.0 Å². The fourth-order valence-corrected chi connectivity index (χ4v) is 3.22. The van der Waals surface area contributed by atoms with E-state index in [9.17, 15) is 19.5 Å². The van der Waals surface area contributed by atoms with Crippen LogP contribution in [-0.2, 0) is 6.42 Å². The Bertz CT molecular complexity index is 1020. The molecular weight excluding hydrogens is 334 g/mol. The Morgan fingerprint density at radius 2 is 1.85 bits per heavy atom. The molecule has 0 saturated heterocycles. The maximum absolute atomic E-state index is 12.4. The van der Waals surface area contributed by atoms with Gasteiger partial charge in [-0.1, -0.05) is 18.2 Å². The number of carboxylic acid groups (broad SMARTS) is 1. The molecule has 2 aromatic carbocycles. The smallest absolute Gasteiger partial charge is 0.261 e. The standard InChI is InChI=1S/C19H15N3O4/c23-17-12-8-7-11(19(25)26)10-13(12)18(24)22(17)9-3-6-16-20-14-4-1-2-5-15(14)21-16/h1-2,4-5,7-8,10H,3,6,9H2,(H,20,21)(H,25,26). The summed E-state index contributed by atoms with van der Waals surface area (Å²) in [5.41, 5.74) is 2.24. The summed E-state index contributed by atoms with van der Waals surface area (Å²) in [6.45, 7) is 0.260. The number of hydrogen-bond acceptors (Lipinski definition) is 4. The zero-order valence-electron chi connectivity index (χ0n) is 13.7. The zero-order valence-corrected chi connectivity index (χ0v) is 13.7. The van der Waals surface area contributed by atoms with Crippen molar-refractivity contribution >= 4 is 28.8 Å². The second-order valence-corrected chi connectivity index (χ2v) is 6.19. The van der Waals surface area contributed by atoms with Gasteiger partial charge in [0.1, 0.15) is 0 Å². The minimum Gasteiger partial charge on any atom is -0.545 e. The number of nitrogens with zero attached hydrogens (tertiary/aromatic N) is 1. The molecule has 2 N–H and O–H groups in total. The van der Waals surface area contributed by atoms with Gasteiger partial charge < -0.3 is 9.90 Å². The molecule has 7 heteroatoms. The van der Waals surface area contributed by atoms with Crippen LogP contribution < -0.4 is 10.1 Å². The lowest BCUT2D eigenvalue weighted by molar-refractivity contribution is -0.357. The van der Waals surface area contributed by atoms with E-state index in [0.29, 0.717) is 12.8 Å². The first kappa shape index (κ1) is 16.0. The van der Waals surface area contributed by atoms with Crippen molar-refractivity contribution in [2.24, 2.45) is 0 Å². The van der Waals surface area contributed by atoms with Crippen LogP contribution in [0.4, 0.5) is 0 Å². The number of imidazole rings is 1. The third kappa shape index (κ3) is 2.63. The number of rotatable bonds is 5. The van der Waals surface area contributed by atoms with E-state index in [0.717, 1.165) is 21.8 Å². The normalized spacial score (nSPS) is 13.5. The fourth-order valence-electron chi connectivity index (χ4n) is 3.22. The summed E-state index contributed by atoms with van der Waals surface area (Å²) in [5, 5.41) is 10.9. The highest BCUT2D eigenvalue weighted by atomic mass is 16.4. The van der Waals surface area contributed by atoms with Gasteiger partial charge in [-0.2, -0.15) is 0 Å². The highest BCUT2D eigenvalue weighted by Crippen LogP contribution is 2.24. The maximum atomic E-state index is 12.4. The Morgan fingerprint density at radius 1 is 1.08 bits per heavy atom. The monoisotopic (exact) mass is 349 g/mol. The molecule has 2 amide bonds. The zero-order chi connectivity index (χ0) is 18.3. The number of carboxylic acids is 1. The number of aryl methyl sites for hydroxylation is 1. The molecule has 2 heterocycles. The first-order valence-corrected chi connectivity index (χ1v) is 8.25. The lowest BCUT2D eigenvalue weighted by atomic mass is 10.1. The molecule has 1 aliphatic rings. The number of aromatic nitrogens is 2. The van der Waals surface area contributed by atoms with Crippen molar-refractivity contribution in [1.29, 1.82) is 0 Å². The molecule has 0 spiro atoms. The van der Waals surface area contributed by atoms with Crippen LogP contribution >= 0.6 is 0 Å². The molecule has 0 fully saturated rings. The summed E-state index contributed by atoms with van der Waals surface area (Å²) < 4.78 is 0. The van der Waals surface area contributed by atoms with Crippen molar-refractivity contribution in [2.75, 3.05) is 6.54 Å². The average molecular weight is 349 g/mol. The summed E-state index contributed by atoms with van der Waals surface area (Å²) in [5.74, 6) is -1.31. The van der Waals surface area contributed by atoms with Gasteiger partial charge in [0.25, 0.3) is 17.6 Å². The maximum Gasteiger partial charge on any atom is 0.261 e. The number of aromatic amines is 2. The Labute approximate surface area is 148 Å². The van der Waals surface area contributed by atoms with Gasteiger partial charge in [0.2, 0.25) is 0 Å². The molecule has 130 valence electrons. The van der Waals surface area contributed by atoms with Crippen molar-refractivity contribution in [1.82, 2.24) is 9.88 Å². The molecule has 0 bridgehead atoms. The molecule has 3 aromatic rings. The highest BCUT2D eigenvalue weighted by Gasteiger charge is 2.35. The Kier molecular flexibility index (Phi) is 3.76. The summed E-state index contributed by atoms with van der Waals surface area (Å²) in [6.07, 6.45) is 1.23. The van der Waals surface area contributed by atoms with E-state index >= 15 is 0 Å². The molecule has 4 rings (SSSR count). The summed E-state index contributed by atoms with van der Waals surface area (Å²) >= 11 is 0. The van der Waals surface area contributed by atoms with Crippen LogP contribution in [0.3, 0.4) is 0 Å². The van der Waals surface area contributed by atoms with E-state index in [1.54, 1.807) is 0 Å². The number of para-hydroxylation sites is 2. The van der Waals surface area contributed by atoms with Crippen molar-refractivity contribution < 1.29 is 24.5 Å². The fraction of sp³-hybridized carbons (Fsp3) is 0.158. The SMILES string of the molecule is O=C([O-])c1ccc2c(c1)C(=O)N(CCCc1[nH]c3ccccc3[nH+]1)C2=O. The first-order valence-electron chi connectivity index (χ1n) is 8.25.